The first-order valence-corrected chi connectivity index (χ1v) is 8.58. The summed E-state index contributed by atoms with van der Waals surface area (Å²) < 4.78 is 10.5. The molecule has 26 heavy (non-hydrogen) atoms. The molecule has 0 aliphatic heterocycles. The number of benzene rings is 2. The number of fused-ring (bicyclic) bond motifs is 1. The number of ether oxygens (including phenoxy) is 2. The summed E-state index contributed by atoms with van der Waals surface area (Å²) in [7, 11) is 1.60. The molecule has 3 rings (SSSR count). The predicted molar refractivity (Wildman–Crippen MR) is 104 cm³/mol. The predicted octanol–water partition coefficient (Wildman–Crippen LogP) is 5.13. The summed E-state index contributed by atoms with van der Waals surface area (Å²) >= 11 is 6.05. The van der Waals surface area contributed by atoms with E-state index in [1.807, 2.05) is 37.3 Å². The Morgan fingerprint density at radius 1 is 1.23 bits per heavy atom. The average molecular weight is 371 g/mol. The lowest BCUT2D eigenvalue weighted by Crippen LogP contribution is -2.09. The largest absolute Gasteiger partial charge is 0.497 e. The molecule has 0 fully saturated rings. The lowest BCUT2D eigenvalue weighted by molar-refractivity contribution is 0.0527. The van der Waals surface area contributed by atoms with Crippen molar-refractivity contribution >= 4 is 39.8 Å². The molecule has 0 aliphatic carbocycles. The second-order valence-electron chi connectivity index (χ2n) is 5.73. The summed E-state index contributed by atoms with van der Waals surface area (Å²) in [6, 6.07) is 11.1. The normalized spacial score (nSPS) is 10.6. The third-order valence-corrected chi connectivity index (χ3v) is 4.25. The highest BCUT2D eigenvalue weighted by molar-refractivity contribution is 6.30. The number of hydrogen-bond donors (Lipinski definition) is 1. The Bertz CT molecular complexity index is 973. The van der Waals surface area contributed by atoms with Gasteiger partial charge in [-0.25, -0.2) is 4.79 Å². The van der Waals surface area contributed by atoms with Gasteiger partial charge < -0.3 is 14.8 Å². The first-order chi connectivity index (χ1) is 12.5. The summed E-state index contributed by atoms with van der Waals surface area (Å²) in [5, 5.41) is 4.77. The number of anilines is 2. The molecular weight excluding hydrogens is 352 g/mol. The smallest absolute Gasteiger partial charge is 0.341 e. The highest BCUT2D eigenvalue weighted by Crippen LogP contribution is 2.33. The number of hydrogen-bond acceptors (Lipinski definition) is 5. The molecule has 2 aromatic carbocycles. The summed E-state index contributed by atoms with van der Waals surface area (Å²) in [5.74, 6) is 0.245. The van der Waals surface area contributed by atoms with Crippen LogP contribution in [0.1, 0.15) is 22.8 Å². The number of aromatic nitrogens is 1. The van der Waals surface area contributed by atoms with Crippen LogP contribution < -0.4 is 10.1 Å². The number of halogens is 1. The highest BCUT2D eigenvalue weighted by Gasteiger charge is 2.18. The number of nitrogens with one attached hydrogen (secondary N) is 1. The van der Waals surface area contributed by atoms with Crippen molar-refractivity contribution in [1.82, 2.24) is 4.98 Å². The van der Waals surface area contributed by atoms with E-state index >= 15 is 0 Å². The number of aryl methyl sites for hydroxylation is 1. The molecular formula is C20H19ClN2O3. The van der Waals surface area contributed by atoms with E-state index in [9.17, 15) is 4.79 Å². The Morgan fingerprint density at radius 2 is 2.04 bits per heavy atom. The monoisotopic (exact) mass is 370 g/mol. The molecule has 0 atom stereocenters. The van der Waals surface area contributed by atoms with Gasteiger partial charge in [0.05, 0.1) is 24.9 Å². The molecule has 0 saturated heterocycles. The van der Waals surface area contributed by atoms with Gasteiger partial charge in [0, 0.05) is 22.3 Å². The minimum Gasteiger partial charge on any atom is -0.497 e. The molecule has 0 spiro atoms. The second kappa shape index (κ2) is 7.62. The topological polar surface area (TPSA) is 60.5 Å². The molecule has 6 heteroatoms. The van der Waals surface area contributed by atoms with Crippen molar-refractivity contribution in [2.75, 3.05) is 19.0 Å². The fourth-order valence-corrected chi connectivity index (χ4v) is 2.93. The van der Waals surface area contributed by atoms with Gasteiger partial charge in [0.25, 0.3) is 0 Å². The van der Waals surface area contributed by atoms with Crippen molar-refractivity contribution in [1.29, 1.82) is 0 Å². The van der Waals surface area contributed by atoms with Crippen LogP contribution in [0.3, 0.4) is 0 Å². The number of methoxy groups -OCH3 is 1. The van der Waals surface area contributed by atoms with Crippen molar-refractivity contribution < 1.29 is 14.3 Å². The molecule has 0 unspecified atom stereocenters. The summed E-state index contributed by atoms with van der Waals surface area (Å²) in [6.07, 6.45) is 1.53. The van der Waals surface area contributed by atoms with Crippen LogP contribution in [0, 0.1) is 6.92 Å². The molecule has 1 heterocycles. The number of carbonyl (C=O) groups excluding carboxylic acids is 1. The maximum atomic E-state index is 12.4. The van der Waals surface area contributed by atoms with E-state index in [1.54, 1.807) is 20.1 Å². The van der Waals surface area contributed by atoms with Crippen molar-refractivity contribution in [3.63, 3.8) is 0 Å². The first-order valence-electron chi connectivity index (χ1n) is 8.20. The Hall–Kier alpha value is -2.79. The van der Waals surface area contributed by atoms with Gasteiger partial charge in [-0.2, -0.15) is 0 Å². The van der Waals surface area contributed by atoms with Crippen molar-refractivity contribution in [2.24, 2.45) is 0 Å². The van der Waals surface area contributed by atoms with Gasteiger partial charge in [-0.15, -0.1) is 0 Å². The van der Waals surface area contributed by atoms with E-state index in [1.165, 1.54) is 6.20 Å². The minimum absolute atomic E-state index is 0.286. The zero-order valence-electron chi connectivity index (χ0n) is 14.8. The number of carbonyl (C=O) groups is 1. The van der Waals surface area contributed by atoms with Crippen LogP contribution in [0.25, 0.3) is 10.9 Å². The standard InChI is InChI=1S/C20H19ClN2O3/c1-4-26-20(24)16-11-22-18-8-6-14(25-3)10-15(18)19(16)23-17-7-5-13(21)9-12(17)2/h5-11H,4H2,1-3H3,(H,22,23). The highest BCUT2D eigenvalue weighted by atomic mass is 35.5. The van der Waals surface area contributed by atoms with Crippen LogP contribution in [0.2, 0.25) is 5.02 Å². The zero-order chi connectivity index (χ0) is 18.7. The van der Waals surface area contributed by atoms with Crippen LogP contribution in [0.4, 0.5) is 11.4 Å². The van der Waals surface area contributed by atoms with Gasteiger partial charge in [0.15, 0.2) is 0 Å². The van der Waals surface area contributed by atoms with Gasteiger partial charge in [-0.1, -0.05) is 11.6 Å². The minimum atomic E-state index is -0.432. The number of esters is 1. The molecule has 5 nitrogen and oxygen atoms in total. The Morgan fingerprint density at radius 3 is 2.73 bits per heavy atom. The molecule has 0 bridgehead atoms. The molecule has 1 aromatic heterocycles. The van der Waals surface area contributed by atoms with Crippen LogP contribution in [-0.4, -0.2) is 24.7 Å². The van der Waals surface area contributed by atoms with Crippen LogP contribution in [0.15, 0.2) is 42.6 Å². The second-order valence-corrected chi connectivity index (χ2v) is 6.17. The lowest BCUT2D eigenvalue weighted by Gasteiger charge is -2.16. The Balaban J connectivity index is 2.20. The summed E-state index contributed by atoms with van der Waals surface area (Å²) in [4.78, 5) is 16.8. The third-order valence-electron chi connectivity index (χ3n) is 4.02. The van der Waals surface area contributed by atoms with Crippen LogP contribution >= 0.6 is 11.6 Å². The van der Waals surface area contributed by atoms with E-state index in [4.69, 9.17) is 21.1 Å². The van der Waals surface area contributed by atoms with Crippen LogP contribution in [-0.2, 0) is 4.74 Å². The van der Waals surface area contributed by atoms with E-state index < -0.39 is 5.97 Å². The Kier molecular flexibility index (Phi) is 5.28. The molecule has 3 aromatic rings. The third kappa shape index (κ3) is 3.58. The fourth-order valence-electron chi connectivity index (χ4n) is 2.70. The quantitative estimate of drug-likeness (QED) is 0.631. The van der Waals surface area contributed by atoms with Gasteiger partial charge in [-0.3, -0.25) is 4.98 Å². The van der Waals surface area contributed by atoms with Crippen molar-refractivity contribution in [3.05, 3.63) is 58.7 Å². The van der Waals surface area contributed by atoms with E-state index in [0.717, 1.165) is 22.2 Å². The first kappa shape index (κ1) is 18.0. The zero-order valence-corrected chi connectivity index (χ0v) is 15.6. The lowest BCUT2D eigenvalue weighted by atomic mass is 10.1. The number of rotatable bonds is 5. The number of nitrogens with zero attached hydrogens (tertiary/aromatic N) is 1. The SMILES string of the molecule is CCOC(=O)c1cnc2ccc(OC)cc2c1Nc1ccc(Cl)cc1C. The molecule has 0 aliphatic rings. The molecule has 0 radical (unpaired) electrons. The molecule has 134 valence electrons. The van der Waals surface area contributed by atoms with Gasteiger partial charge >= 0.3 is 5.97 Å². The van der Waals surface area contributed by atoms with Gasteiger partial charge in [0.2, 0.25) is 0 Å². The maximum absolute atomic E-state index is 12.4. The summed E-state index contributed by atoms with van der Waals surface area (Å²) in [5.41, 5.74) is 3.53. The van der Waals surface area contributed by atoms with E-state index in [0.29, 0.717) is 22.0 Å². The van der Waals surface area contributed by atoms with E-state index in [-0.39, 0.29) is 6.61 Å². The fraction of sp³-hybridized carbons (Fsp3) is 0.200. The van der Waals surface area contributed by atoms with E-state index in [2.05, 4.69) is 10.3 Å². The molecule has 0 amide bonds. The van der Waals surface area contributed by atoms with Crippen molar-refractivity contribution in [2.45, 2.75) is 13.8 Å². The molecule has 1 N–H and O–H groups in total. The average Bonchev–Trinajstić information content (AvgIpc) is 2.63. The van der Waals surface area contributed by atoms with Crippen LogP contribution in [0.5, 0.6) is 5.75 Å². The van der Waals surface area contributed by atoms with Gasteiger partial charge in [0.1, 0.15) is 11.3 Å². The Labute approximate surface area is 156 Å². The van der Waals surface area contributed by atoms with Gasteiger partial charge in [-0.05, 0) is 55.8 Å². The summed E-state index contributed by atoms with van der Waals surface area (Å²) in [6.45, 7) is 4.00. The van der Waals surface area contributed by atoms with Crippen molar-refractivity contribution in [3.8, 4) is 5.75 Å². The number of pyridine rings is 1. The molecule has 0 saturated carbocycles. The maximum Gasteiger partial charge on any atom is 0.341 e.